The van der Waals surface area contributed by atoms with Crippen molar-refractivity contribution in [1.29, 1.82) is 0 Å². The molecule has 1 saturated carbocycles. The Balaban J connectivity index is 2.33. The number of carbonyl (C=O) groups is 1. The van der Waals surface area contributed by atoms with Gasteiger partial charge in [-0.25, -0.2) is 0 Å². The van der Waals surface area contributed by atoms with E-state index in [-0.39, 0.29) is 23.2 Å². The minimum absolute atomic E-state index is 0.0657. The summed E-state index contributed by atoms with van der Waals surface area (Å²) in [5.41, 5.74) is 3.29. The highest BCUT2D eigenvalue weighted by Gasteiger charge is 2.63. The largest absolute Gasteiger partial charge is 0.469 e. The van der Waals surface area contributed by atoms with E-state index in [1.807, 2.05) is 38.1 Å². The second-order valence-electron chi connectivity index (χ2n) is 5.37. The topological polar surface area (TPSA) is 26.3 Å². The molecule has 0 heterocycles. The first-order valence-electron chi connectivity index (χ1n) is 6.07. The number of halogens is 2. The van der Waals surface area contributed by atoms with Gasteiger partial charge in [0.15, 0.2) is 0 Å². The fraction of sp³-hybridized carbons (Fsp3) is 0.400. The van der Waals surface area contributed by atoms with E-state index in [9.17, 15) is 4.79 Å². The first-order chi connectivity index (χ1) is 8.93. The van der Waals surface area contributed by atoms with Gasteiger partial charge in [0, 0.05) is 16.5 Å². The lowest BCUT2D eigenvalue weighted by molar-refractivity contribution is -0.143. The molecule has 102 valence electrons. The molecule has 4 heteroatoms. The molecule has 1 aliphatic rings. The maximum atomic E-state index is 11.8. The molecule has 0 spiro atoms. The fourth-order valence-electron chi connectivity index (χ4n) is 2.76. The van der Waals surface area contributed by atoms with Crippen LogP contribution in [0.5, 0.6) is 0 Å². The third-order valence-electron chi connectivity index (χ3n) is 3.89. The predicted octanol–water partition coefficient (Wildman–Crippen LogP) is 4.36. The molecule has 0 radical (unpaired) electrons. The summed E-state index contributed by atoms with van der Waals surface area (Å²) in [7, 11) is 1.41. The zero-order valence-electron chi connectivity index (χ0n) is 11.1. The molecule has 0 amide bonds. The summed E-state index contributed by atoms with van der Waals surface area (Å²) in [5, 5.41) is 0.654. The summed E-state index contributed by atoms with van der Waals surface area (Å²) < 4.78 is 4.86. The van der Waals surface area contributed by atoms with Crippen molar-refractivity contribution in [2.24, 2.45) is 17.3 Å². The Kier molecular flexibility index (Phi) is 3.93. The summed E-state index contributed by atoms with van der Waals surface area (Å²) in [6, 6.07) is 7.49. The maximum Gasteiger partial charge on any atom is 0.309 e. The van der Waals surface area contributed by atoms with Gasteiger partial charge in [0.2, 0.25) is 0 Å². The highest BCUT2D eigenvalue weighted by atomic mass is 35.5. The zero-order valence-corrected chi connectivity index (χ0v) is 12.6. The Morgan fingerprint density at radius 2 is 2.05 bits per heavy atom. The number of rotatable bonds is 3. The Morgan fingerprint density at radius 1 is 1.37 bits per heavy atom. The molecular formula is C15H16Cl2O2. The highest BCUT2D eigenvalue weighted by molar-refractivity contribution is 6.31. The Hall–Kier alpha value is -0.990. The second-order valence-corrected chi connectivity index (χ2v) is 6.03. The first-order valence-corrected chi connectivity index (χ1v) is 6.89. The van der Waals surface area contributed by atoms with Gasteiger partial charge in [-0.2, -0.15) is 0 Å². The van der Waals surface area contributed by atoms with Crippen LogP contribution in [0.25, 0.3) is 5.57 Å². The van der Waals surface area contributed by atoms with Gasteiger partial charge in [0.25, 0.3) is 0 Å². The molecular weight excluding hydrogens is 283 g/mol. The van der Waals surface area contributed by atoms with Gasteiger partial charge in [-0.3, -0.25) is 4.79 Å². The van der Waals surface area contributed by atoms with Crippen LogP contribution in [0.2, 0.25) is 5.02 Å². The third kappa shape index (κ3) is 2.52. The first kappa shape index (κ1) is 14.4. The van der Waals surface area contributed by atoms with E-state index in [0.717, 1.165) is 11.1 Å². The van der Waals surface area contributed by atoms with Gasteiger partial charge < -0.3 is 4.74 Å². The van der Waals surface area contributed by atoms with Gasteiger partial charge in [-0.05, 0) is 28.7 Å². The molecule has 1 aromatic rings. The molecule has 0 aliphatic heterocycles. The van der Waals surface area contributed by atoms with E-state index >= 15 is 0 Å². The number of esters is 1. The predicted molar refractivity (Wildman–Crippen MR) is 78.1 cm³/mol. The number of ether oxygens (including phenoxy) is 1. The number of hydrogen-bond acceptors (Lipinski definition) is 2. The number of allylic oxidation sites excluding steroid dienone is 1. The van der Waals surface area contributed by atoms with Crippen LogP contribution in [0.4, 0.5) is 0 Å². The molecule has 2 unspecified atom stereocenters. The summed E-state index contributed by atoms with van der Waals surface area (Å²) in [6.45, 7) is 4.09. The number of methoxy groups -OCH3 is 1. The quantitative estimate of drug-likeness (QED) is 0.775. The second kappa shape index (κ2) is 5.18. The van der Waals surface area contributed by atoms with E-state index < -0.39 is 0 Å². The van der Waals surface area contributed by atoms with Crippen molar-refractivity contribution >= 4 is 34.7 Å². The Labute approximate surface area is 123 Å². The molecule has 0 N–H and O–H groups in total. The minimum Gasteiger partial charge on any atom is -0.469 e. The van der Waals surface area contributed by atoms with Gasteiger partial charge in [-0.15, -0.1) is 0 Å². The average molecular weight is 299 g/mol. The molecule has 2 atom stereocenters. The van der Waals surface area contributed by atoms with Gasteiger partial charge >= 0.3 is 5.97 Å². The van der Waals surface area contributed by atoms with Gasteiger partial charge in [0.05, 0.1) is 13.0 Å². The van der Waals surface area contributed by atoms with Crippen LogP contribution in [0.15, 0.2) is 29.8 Å². The van der Waals surface area contributed by atoms with Crippen molar-refractivity contribution in [3.05, 3.63) is 40.4 Å². The average Bonchev–Trinajstić information content (AvgIpc) is 2.92. The lowest BCUT2D eigenvalue weighted by Gasteiger charge is -2.08. The smallest absolute Gasteiger partial charge is 0.309 e. The van der Waals surface area contributed by atoms with Crippen molar-refractivity contribution in [2.45, 2.75) is 13.8 Å². The molecule has 19 heavy (non-hydrogen) atoms. The zero-order chi connectivity index (χ0) is 14.2. The Bertz CT molecular complexity index is 535. The van der Waals surface area contributed by atoms with Crippen molar-refractivity contribution < 1.29 is 9.53 Å². The van der Waals surface area contributed by atoms with E-state index in [4.69, 9.17) is 27.9 Å². The van der Waals surface area contributed by atoms with E-state index in [1.165, 1.54) is 7.11 Å². The van der Waals surface area contributed by atoms with E-state index in [2.05, 4.69) is 0 Å². The van der Waals surface area contributed by atoms with Crippen LogP contribution >= 0.6 is 23.2 Å². The molecule has 1 fully saturated rings. The number of carbonyl (C=O) groups excluding carboxylic acids is 1. The SMILES string of the molecule is COC(=O)C1C(C(=CCl)c2cccc(Cl)c2)C1(C)C. The Morgan fingerprint density at radius 3 is 2.58 bits per heavy atom. The standard InChI is InChI=1S/C15H16Cl2O2/c1-15(2)12(13(15)14(18)19-3)11(8-16)9-5-4-6-10(17)7-9/h4-8,12-13H,1-3H3. The molecule has 0 saturated heterocycles. The van der Waals surface area contributed by atoms with E-state index in [1.54, 1.807) is 5.54 Å². The monoisotopic (exact) mass is 298 g/mol. The van der Waals surface area contributed by atoms with Crippen molar-refractivity contribution in [3.63, 3.8) is 0 Å². The molecule has 2 rings (SSSR count). The van der Waals surface area contributed by atoms with Gasteiger partial charge in [-0.1, -0.05) is 49.2 Å². The molecule has 1 aliphatic carbocycles. The van der Waals surface area contributed by atoms with Crippen molar-refractivity contribution in [3.8, 4) is 0 Å². The highest BCUT2D eigenvalue weighted by Crippen LogP contribution is 2.64. The summed E-state index contributed by atoms with van der Waals surface area (Å²) in [5.74, 6) is -0.273. The van der Waals surface area contributed by atoms with Gasteiger partial charge in [0.1, 0.15) is 0 Å². The molecule has 0 aromatic heterocycles. The third-order valence-corrected chi connectivity index (χ3v) is 4.36. The van der Waals surface area contributed by atoms with Crippen molar-refractivity contribution in [2.75, 3.05) is 7.11 Å². The summed E-state index contributed by atoms with van der Waals surface area (Å²) >= 11 is 12.0. The van der Waals surface area contributed by atoms with Crippen LogP contribution in [0.3, 0.4) is 0 Å². The van der Waals surface area contributed by atoms with Crippen LogP contribution in [0, 0.1) is 17.3 Å². The fourth-order valence-corrected chi connectivity index (χ4v) is 3.22. The summed E-state index contributed by atoms with van der Waals surface area (Å²) in [4.78, 5) is 11.8. The van der Waals surface area contributed by atoms with Crippen LogP contribution in [-0.4, -0.2) is 13.1 Å². The van der Waals surface area contributed by atoms with Crippen LogP contribution in [-0.2, 0) is 9.53 Å². The lowest BCUT2D eigenvalue weighted by Crippen LogP contribution is -2.07. The molecule has 1 aromatic carbocycles. The molecule has 0 bridgehead atoms. The minimum atomic E-state index is -0.187. The van der Waals surface area contributed by atoms with Crippen molar-refractivity contribution in [1.82, 2.24) is 0 Å². The normalized spacial score (nSPS) is 25.0. The number of hydrogen-bond donors (Lipinski definition) is 0. The lowest BCUT2D eigenvalue weighted by atomic mass is 9.98. The van der Waals surface area contributed by atoms with Crippen LogP contribution in [0.1, 0.15) is 19.4 Å². The molecule has 2 nitrogen and oxygen atoms in total. The maximum absolute atomic E-state index is 11.8. The number of benzene rings is 1. The summed E-state index contributed by atoms with van der Waals surface area (Å²) in [6.07, 6.45) is 0. The van der Waals surface area contributed by atoms with E-state index in [0.29, 0.717) is 5.02 Å². The van der Waals surface area contributed by atoms with Crippen LogP contribution < -0.4 is 0 Å².